The number of benzene rings is 2. The monoisotopic (exact) mass is 455 g/mol. The average Bonchev–Trinajstić information content (AvgIpc) is 2.72. The molecule has 32 heavy (non-hydrogen) atoms. The molecule has 0 aliphatic carbocycles. The molecule has 0 aromatic heterocycles. The first kappa shape index (κ1) is 24.5. The molecular weight excluding hydrogens is 418 g/mol. The van der Waals surface area contributed by atoms with Gasteiger partial charge >= 0.3 is 14.7 Å². The predicted octanol–water partition coefficient (Wildman–Crippen LogP) is 5.29. The number of carbonyl (C=O) groups excluding carboxylic acids is 1. The van der Waals surface area contributed by atoms with Gasteiger partial charge in [-0.2, -0.15) is 0 Å². The predicted molar refractivity (Wildman–Crippen MR) is 130 cm³/mol. The van der Waals surface area contributed by atoms with Crippen LogP contribution in [0.5, 0.6) is 0 Å². The van der Waals surface area contributed by atoms with Gasteiger partial charge in [0.05, 0.1) is 12.1 Å². The van der Waals surface area contributed by atoms with Crippen molar-refractivity contribution in [2.45, 2.75) is 77.2 Å². The molecule has 2 aromatic carbocycles. The highest BCUT2D eigenvalue weighted by atomic mass is 28.4. The highest BCUT2D eigenvalue weighted by Gasteiger charge is 2.52. The Bertz CT molecular complexity index is 892. The molecule has 1 amide bonds. The summed E-state index contributed by atoms with van der Waals surface area (Å²) in [4.78, 5) is 27.0. The molecule has 0 saturated carbocycles. The molecule has 1 saturated heterocycles. The highest BCUT2D eigenvalue weighted by Crippen LogP contribution is 2.41. The quantitative estimate of drug-likeness (QED) is 0.637. The topological polar surface area (TPSA) is 59.0 Å². The SMILES string of the molecule is CC(C)(C)OC(=O)N1CCC[C@H](O[Si@@](O)(c2ccccc2)C(C)(C)C)[C@@H]1c1ccccc1. The van der Waals surface area contributed by atoms with Gasteiger partial charge in [0.1, 0.15) is 5.60 Å². The van der Waals surface area contributed by atoms with E-state index in [-0.39, 0.29) is 18.2 Å². The van der Waals surface area contributed by atoms with E-state index in [9.17, 15) is 9.59 Å². The van der Waals surface area contributed by atoms with Crippen molar-refractivity contribution >= 4 is 19.8 Å². The Kier molecular flexibility index (Phi) is 7.17. The van der Waals surface area contributed by atoms with Crippen molar-refractivity contribution in [1.29, 1.82) is 0 Å². The number of likely N-dealkylation sites (tertiary alicyclic amines) is 1. The molecule has 2 aromatic rings. The summed E-state index contributed by atoms with van der Waals surface area (Å²) in [6.45, 7) is 12.3. The van der Waals surface area contributed by atoms with E-state index in [1.807, 2.05) is 102 Å². The Morgan fingerprint density at radius 3 is 2.06 bits per heavy atom. The van der Waals surface area contributed by atoms with Gasteiger partial charge in [0.25, 0.3) is 0 Å². The summed E-state index contributed by atoms with van der Waals surface area (Å²) in [5.74, 6) is 0. The van der Waals surface area contributed by atoms with Crippen molar-refractivity contribution in [2.75, 3.05) is 6.54 Å². The molecular formula is C26H37NO4Si. The van der Waals surface area contributed by atoms with Crippen molar-refractivity contribution in [3.8, 4) is 0 Å². The van der Waals surface area contributed by atoms with E-state index in [0.717, 1.165) is 23.6 Å². The maximum Gasteiger partial charge on any atom is 0.410 e. The summed E-state index contributed by atoms with van der Waals surface area (Å²) in [5.41, 5.74) is 0.401. The number of hydrogen-bond donors (Lipinski definition) is 1. The fourth-order valence-electron chi connectivity index (χ4n) is 4.22. The molecule has 1 aliphatic heterocycles. The van der Waals surface area contributed by atoms with E-state index >= 15 is 0 Å². The van der Waals surface area contributed by atoms with Gasteiger partial charge in [-0.25, -0.2) is 4.79 Å². The highest BCUT2D eigenvalue weighted by molar-refractivity contribution is 6.82. The molecule has 3 rings (SSSR count). The lowest BCUT2D eigenvalue weighted by Gasteiger charge is -2.46. The van der Waals surface area contributed by atoms with Crippen LogP contribution in [-0.2, 0) is 9.16 Å². The zero-order valence-corrected chi connectivity index (χ0v) is 21.2. The maximum atomic E-state index is 13.2. The standard InChI is InChI=1S/C26H37NO4Si/c1-25(2,3)30-24(28)27-19-13-18-22(23(27)20-14-9-7-10-15-20)31-32(29,26(4,5)6)21-16-11-8-12-17-21/h7-12,14-17,22-23,29H,13,18-19H2,1-6H3/t22-,23-,32-/m0/s1. The van der Waals surface area contributed by atoms with E-state index < -0.39 is 19.2 Å². The number of hydrogen-bond acceptors (Lipinski definition) is 4. The normalized spacial score (nSPS) is 21.7. The van der Waals surface area contributed by atoms with Crippen LogP contribution in [0.2, 0.25) is 5.04 Å². The minimum absolute atomic E-state index is 0.329. The molecule has 3 atom stereocenters. The van der Waals surface area contributed by atoms with Crippen molar-refractivity contribution in [3.63, 3.8) is 0 Å². The molecule has 0 spiro atoms. The number of carbonyl (C=O) groups is 1. The molecule has 1 N–H and O–H groups in total. The summed E-state index contributed by atoms with van der Waals surface area (Å²) in [7, 11) is -3.38. The second kappa shape index (κ2) is 9.38. The lowest BCUT2D eigenvalue weighted by Crippen LogP contribution is -2.62. The molecule has 0 bridgehead atoms. The molecule has 6 heteroatoms. The van der Waals surface area contributed by atoms with E-state index in [1.54, 1.807) is 4.90 Å². The minimum Gasteiger partial charge on any atom is -0.444 e. The van der Waals surface area contributed by atoms with Gasteiger partial charge in [0, 0.05) is 11.6 Å². The molecule has 0 unspecified atom stereocenters. The fourth-order valence-corrected chi connectivity index (χ4v) is 6.90. The summed E-state index contributed by atoms with van der Waals surface area (Å²) in [6, 6.07) is 19.3. The van der Waals surface area contributed by atoms with Gasteiger partial charge in [0.2, 0.25) is 0 Å². The van der Waals surface area contributed by atoms with Crippen molar-refractivity contribution < 1.29 is 18.8 Å². The Balaban J connectivity index is 2.01. The van der Waals surface area contributed by atoms with Crippen molar-refractivity contribution in [3.05, 3.63) is 66.2 Å². The number of ether oxygens (including phenoxy) is 1. The summed E-state index contributed by atoms with van der Waals surface area (Å²) in [5, 5.41) is 0.387. The lowest BCUT2D eigenvalue weighted by atomic mass is 9.93. The van der Waals surface area contributed by atoms with E-state index in [1.165, 1.54) is 0 Å². The Labute approximate surface area is 193 Å². The number of nitrogens with zero attached hydrogens (tertiary/aromatic N) is 1. The van der Waals surface area contributed by atoms with E-state index in [4.69, 9.17) is 9.16 Å². The Morgan fingerprint density at radius 1 is 0.969 bits per heavy atom. The average molecular weight is 456 g/mol. The third kappa shape index (κ3) is 5.42. The van der Waals surface area contributed by atoms with Crippen LogP contribution in [0, 0.1) is 0 Å². The van der Waals surface area contributed by atoms with Crippen LogP contribution in [0.15, 0.2) is 60.7 Å². The zero-order chi connectivity index (χ0) is 23.6. The summed E-state index contributed by atoms with van der Waals surface area (Å²) in [6.07, 6.45) is 0.864. The van der Waals surface area contributed by atoms with Crippen molar-refractivity contribution in [2.24, 2.45) is 0 Å². The number of rotatable bonds is 4. The fraction of sp³-hybridized carbons (Fsp3) is 0.500. The van der Waals surface area contributed by atoms with E-state index in [2.05, 4.69) is 0 Å². The first-order valence-electron chi connectivity index (χ1n) is 11.4. The van der Waals surface area contributed by atoms with Crippen molar-refractivity contribution in [1.82, 2.24) is 4.90 Å². The van der Waals surface area contributed by atoms with Crippen LogP contribution < -0.4 is 5.19 Å². The van der Waals surface area contributed by atoms with Gasteiger partial charge in [-0.3, -0.25) is 4.90 Å². The number of amides is 1. The largest absolute Gasteiger partial charge is 0.444 e. The van der Waals surface area contributed by atoms with Gasteiger partial charge in [-0.15, -0.1) is 0 Å². The van der Waals surface area contributed by atoms with Crippen LogP contribution in [0.25, 0.3) is 0 Å². The smallest absolute Gasteiger partial charge is 0.410 e. The molecule has 174 valence electrons. The maximum absolute atomic E-state index is 13.2. The minimum atomic E-state index is -3.38. The third-order valence-corrected chi connectivity index (χ3v) is 9.64. The zero-order valence-electron chi connectivity index (χ0n) is 20.2. The number of piperidine rings is 1. The lowest BCUT2D eigenvalue weighted by molar-refractivity contribution is -0.0251. The van der Waals surface area contributed by atoms with Crippen LogP contribution in [0.1, 0.15) is 66.0 Å². The molecule has 1 fully saturated rings. The molecule has 5 nitrogen and oxygen atoms in total. The van der Waals surface area contributed by atoms with Crippen LogP contribution >= 0.6 is 0 Å². The van der Waals surface area contributed by atoms with Gasteiger partial charge in [-0.1, -0.05) is 81.4 Å². The van der Waals surface area contributed by atoms with Gasteiger partial charge < -0.3 is 14.0 Å². The summed E-state index contributed by atoms with van der Waals surface area (Å²) < 4.78 is 12.5. The van der Waals surface area contributed by atoms with Crippen LogP contribution in [-0.4, -0.2) is 42.6 Å². The van der Waals surface area contributed by atoms with E-state index in [0.29, 0.717) is 6.54 Å². The summed E-state index contributed by atoms with van der Waals surface area (Å²) >= 11 is 0. The van der Waals surface area contributed by atoms with Gasteiger partial charge in [-0.05, 0) is 44.4 Å². The van der Waals surface area contributed by atoms with Crippen LogP contribution in [0.4, 0.5) is 4.79 Å². The second-order valence-corrected chi connectivity index (χ2v) is 14.2. The third-order valence-electron chi connectivity index (χ3n) is 5.85. The first-order valence-corrected chi connectivity index (χ1v) is 13.3. The molecule has 1 heterocycles. The first-order chi connectivity index (χ1) is 14.9. The van der Waals surface area contributed by atoms with Crippen LogP contribution in [0.3, 0.4) is 0 Å². The Hall–Kier alpha value is -2.15. The Morgan fingerprint density at radius 2 is 1.53 bits per heavy atom. The molecule has 1 aliphatic rings. The molecule has 0 radical (unpaired) electrons. The van der Waals surface area contributed by atoms with Gasteiger partial charge in [0.15, 0.2) is 0 Å². The second-order valence-electron chi connectivity index (χ2n) is 10.6.